The van der Waals surface area contributed by atoms with E-state index in [1.54, 1.807) is 65.5 Å². The fraction of sp³-hybridized carbons (Fsp3) is 0.143. The van der Waals surface area contributed by atoms with Crippen molar-refractivity contribution >= 4 is 23.6 Å². The fourth-order valence-electron chi connectivity index (χ4n) is 2.56. The van der Waals surface area contributed by atoms with E-state index in [1.165, 1.54) is 6.92 Å². The third-order valence-corrected chi connectivity index (χ3v) is 4.10. The number of esters is 1. The van der Waals surface area contributed by atoms with Crippen molar-refractivity contribution in [1.29, 1.82) is 0 Å². The van der Waals surface area contributed by atoms with Gasteiger partial charge in [-0.3, -0.25) is 10.1 Å². The quantitative estimate of drug-likeness (QED) is 0.650. The largest absolute Gasteiger partial charge is 0.449 e. The van der Waals surface area contributed by atoms with E-state index in [2.05, 4.69) is 15.7 Å². The van der Waals surface area contributed by atoms with Gasteiger partial charge in [0.1, 0.15) is 0 Å². The van der Waals surface area contributed by atoms with Gasteiger partial charge in [0.2, 0.25) is 0 Å². The molecule has 29 heavy (non-hydrogen) atoms. The Hall–Kier alpha value is -3.94. The standard InChI is InChI=1S/C21H20N4O4/c1-14-12-13-22-25(14)18-10-8-16(9-11-18)20(27)29-15(2)19(26)24-21(28)23-17-6-4-3-5-7-17/h3-13,15H,1-2H3,(H2,23,24,26,28). The molecule has 0 aliphatic rings. The van der Waals surface area contributed by atoms with Gasteiger partial charge >= 0.3 is 12.0 Å². The van der Waals surface area contributed by atoms with Gasteiger partial charge in [0.25, 0.3) is 5.91 Å². The minimum Gasteiger partial charge on any atom is -0.449 e. The van der Waals surface area contributed by atoms with Crippen molar-refractivity contribution in [1.82, 2.24) is 15.1 Å². The molecule has 0 radical (unpaired) electrons. The van der Waals surface area contributed by atoms with Crippen molar-refractivity contribution in [2.45, 2.75) is 20.0 Å². The molecular weight excluding hydrogens is 372 g/mol. The zero-order valence-corrected chi connectivity index (χ0v) is 16.0. The van der Waals surface area contributed by atoms with Gasteiger partial charge in [0.05, 0.1) is 11.3 Å². The van der Waals surface area contributed by atoms with Crippen molar-refractivity contribution in [2.75, 3.05) is 5.32 Å². The number of urea groups is 1. The zero-order chi connectivity index (χ0) is 20.8. The summed E-state index contributed by atoms with van der Waals surface area (Å²) in [4.78, 5) is 36.2. The Morgan fingerprint density at radius 1 is 1.00 bits per heavy atom. The average Bonchev–Trinajstić information content (AvgIpc) is 3.14. The summed E-state index contributed by atoms with van der Waals surface area (Å²) in [6.45, 7) is 3.31. The minimum absolute atomic E-state index is 0.284. The number of anilines is 1. The number of benzene rings is 2. The first-order chi connectivity index (χ1) is 13.9. The lowest BCUT2D eigenvalue weighted by Crippen LogP contribution is -2.41. The highest BCUT2D eigenvalue weighted by Crippen LogP contribution is 2.13. The van der Waals surface area contributed by atoms with Crippen LogP contribution in [-0.2, 0) is 9.53 Å². The predicted octanol–water partition coefficient (Wildman–Crippen LogP) is 3.07. The van der Waals surface area contributed by atoms with Crippen LogP contribution in [0.15, 0.2) is 66.9 Å². The summed E-state index contributed by atoms with van der Waals surface area (Å²) in [6, 6.07) is 16.5. The zero-order valence-electron chi connectivity index (χ0n) is 16.0. The Balaban J connectivity index is 1.54. The van der Waals surface area contributed by atoms with Gasteiger partial charge in [-0.25, -0.2) is 14.3 Å². The normalized spacial score (nSPS) is 11.4. The average molecular weight is 392 g/mol. The molecule has 3 aromatic rings. The van der Waals surface area contributed by atoms with E-state index in [4.69, 9.17) is 4.74 Å². The number of para-hydroxylation sites is 1. The van der Waals surface area contributed by atoms with Gasteiger partial charge in [-0.2, -0.15) is 5.10 Å². The molecule has 0 fully saturated rings. The van der Waals surface area contributed by atoms with Gasteiger partial charge in [0, 0.05) is 17.6 Å². The van der Waals surface area contributed by atoms with E-state index in [-0.39, 0.29) is 5.56 Å². The summed E-state index contributed by atoms with van der Waals surface area (Å²) in [6.07, 6.45) is 0.545. The lowest BCUT2D eigenvalue weighted by molar-refractivity contribution is -0.127. The number of hydrogen-bond acceptors (Lipinski definition) is 5. The molecular formula is C21H20N4O4. The third kappa shape index (κ3) is 5.07. The highest BCUT2D eigenvalue weighted by Gasteiger charge is 2.21. The van der Waals surface area contributed by atoms with E-state index in [9.17, 15) is 14.4 Å². The maximum absolute atomic E-state index is 12.3. The predicted molar refractivity (Wildman–Crippen MR) is 107 cm³/mol. The molecule has 0 bridgehead atoms. The molecule has 1 heterocycles. The maximum Gasteiger partial charge on any atom is 0.338 e. The van der Waals surface area contributed by atoms with Crippen LogP contribution in [0, 0.1) is 6.92 Å². The summed E-state index contributed by atoms with van der Waals surface area (Å²) in [5.74, 6) is -1.39. The van der Waals surface area contributed by atoms with Crippen LogP contribution in [0.3, 0.4) is 0 Å². The number of imide groups is 1. The first-order valence-corrected chi connectivity index (χ1v) is 8.93. The lowest BCUT2D eigenvalue weighted by Gasteiger charge is -2.13. The Morgan fingerprint density at radius 2 is 1.69 bits per heavy atom. The molecule has 3 amide bonds. The molecule has 0 aliphatic carbocycles. The minimum atomic E-state index is -1.14. The Kier molecular flexibility index (Phi) is 6.03. The first-order valence-electron chi connectivity index (χ1n) is 8.93. The van der Waals surface area contributed by atoms with Gasteiger partial charge in [0.15, 0.2) is 6.10 Å². The molecule has 0 saturated carbocycles. The number of hydrogen-bond donors (Lipinski definition) is 2. The third-order valence-electron chi connectivity index (χ3n) is 4.10. The van der Waals surface area contributed by atoms with Crippen molar-refractivity contribution < 1.29 is 19.1 Å². The number of ether oxygens (including phenoxy) is 1. The number of aryl methyl sites for hydroxylation is 1. The van der Waals surface area contributed by atoms with Crippen molar-refractivity contribution in [3.05, 3.63) is 78.1 Å². The molecule has 8 nitrogen and oxygen atoms in total. The SMILES string of the molecule is Cc1ccnn1-c1ccc(C(=O)OC(C)C(=O)NC(=O)Nc2ccccc2)cc1. The highest BCUT2D eigenvalue weighted by atomic mass is 16.5. The Labute approximate surface area is 167 Å². The van der Waals surface area contributed by atoms with Crippen molar-refractivity contribution in [2.24, 2.45) is 0 Å². The molecule has 1 unspecified atom stereocenters. The first kappa shape index (κ1) is 19.8. The molecule has 8 heteroatoms. The maximum atomic E-state index is 12.3. The molecule has 0 aliphatic heterocycles. The smallest absolute Gasteiger partial charge is 0.338 e. The van der Waals surface area contributed by atoms with Crippen LogP contribution in [0.25, 0.3) is 5.69 Å². The second-order valence-corrected chi connectivity index (χ2v) is 6.29. The van der Waals surface area contributed by atoms with Crippen molar-refractivity contribution in [3.63, 3.8) is 0 Å². The molecule has 3 rings (SSSR count). The monoisotopic (exact) mass is 392 g/mol. The molecule has 2 N–H and O–H groups in total. The van der Waals surface area contributed by atoms with Crippen LogP contribution in [0.5, 0.6) is 0 Å². The van der Waals surface area contributed by atoms with E-state index in [0.717, 1.165) is 11.4 Å². The van der Waals surface area contributed by atoms with Crippen LogP contribution in [-0.4, -0.2) is 33.8 Å². The molecule has 1 atom stereocenters. The number of nitrogens with zero attached hydrogens (tertiary/aromatic N) is 2. The van der Waals surface area contributed by atoms with E-state index in [1.807, 2.05) is 13.0 Å². The van der Waals surface area contributed by atoms with Crippen LogP contribution < -0.4 is 10.6 Å². The second-order valence-electron chi connectivity index (χ2n) is 6.29. The number of amides is 3. The lowest BCUT2D eigenvalue weighted by atomic mass is 10.2. The summed E-state index contributed by atoms with van der Waals surface area (Å²) in [5, 5.41) is 8.86. The number of carbonyl (C=O) groups is 3. The molecule has 1 aromatic heterocycles. The molecule has 148 valence electrons. The summed E-state index contributed by atoms with van der Waals surface area (Å²) < 4.78 is 6.88. The Morgan fingerprint density at radius 3 is 2.31 bits per heavy atom. The van der Waals surface area contributed by atoms with Gasteiger partial charge in [-0.1, -0.05) is 18.2 Å². The van der Waals surface area contributed by atoms with E-state index < -0.39 is 24.0 Å². The van der Waals surface area contributed by atoms with Gasteiger partial charge < -0.3 is 10.1 Å². The summed E-state index contributed by atoms with van der Waals surface area (Å²) in [7, 11) is 0. The topological polar surface area (TPSA) is 102 Å². The van der Waals surface area contributed by atoms with E-state index >= 15 is 0 Å². The second kappa shape index (κ2) is 8.83. The summed E-state index contributed by atoms with van der Waals surface area (Å²) in [5.41, 5.74) is 2.58. The fourth-order valence-corrected chi connectivity index (χ4v) is 2.56. The van der Waals surface area contributed by atoms with Gasteiger partial charge in [-0.05, 0) is 56.3 Å². The van der Waals surface area contributed by atoms with Crippen LogP contribution in [0.4, 0.5) is 10.5 Å². The molecule has 0 spiro atoms. The number of carbonyl (C=O) groups excluding carboxylic acids is 3. The van der Waals surface area contributed by atoms with Crippen LogP contribution in [0.1, 0.15) is 23.0 Å². The van der Waals surface area contributed by atoms with E-state index in [0.29, 0.717) is 5.69 Å². The molecule has 2 aromatic carbocycles. The molecule has 0 saturated heterocycles. The Bertz CT molecular complexity index is 1010. The van der Waals surface area contributed by atoms with Crippen LogP contribution in [0.2, 0.25) is 0 Å². The number of aromatic nitrogens is 2. The van der Waals surface area contributed by atoms with Gasteiger partial charge in [-0.15, -0.1) is 0 Å². The number of rotatable bonds is 5. The van der Waals surface area contributed by atoms with Crippen molar-refractivity contribution in [3.8, 4) is 5.69 Å². The highest BCUT2D eigenvalue weighted by molar-refractivity contribution is 6.03. The summed E-state index contributed by atoms with van der Waals surface area (Å²) >= 11 is 0. The van der Waals surface area contributed by atoms with Crippen LogP contribution >= 0.6 is 0 Å². The number of nitrogens with one attached hydrogen (secondary N) is 2.